The van der Waals surface area contributed by atoms with Crippen LogP contribution in [-0.2, 0) is 14.8 Å². The molecule has 0 fully saturated rings. The summed E-state index contributed by atoms with van der Waals surface area (Å²) >= 11 is 0. The molecule has 0 heterocycles. The Hall–Kier alpha value is -2.71. The zero-order valence-electron chi connectivity index (χ0n) is 16.6. The third kappa shape index (κ3) is 5.90. The fourth-order valence-electron chi connectivity index (χ4n) is 2.51. The van der Waals surface area contributed by atoms with Gasteiger partial charge in [-0.2, -0.15) is 0 Å². The summed E-state index contributed by atoms with van der Waals surface area (Å²) in [5.74, 6) is -0.605. The number of carbonyl (C=O) groups excluding carboxylic acids is 2. The number of nitrogens with one attached hydrogen (secondary N) is 3. The van der Waals surface area contributed by atoms with Crippen molar-refractivity contribution in [1.82, 2.24) is 4.72 Å². The van der Waals surface area contributed by atoms with Crippen LogP contribution in [0.2, 0.25) is 0 Å². The molecule has 0 radical (unpaired) electrons. The molecule has 2 amide bonds. The van der Waals surface area contributed by atoms with E-state index in [1.807, 2.05) is 0 Å². The lowest BCUT2D eigenvalue weighted by atomic mass is 10.1. The van der Waals surface area contributed by atoms with E-state index in [2.05, 4.69) is 15.4 Å². The van der Waals surface area contributed by atoms with Crippen molar-refractivity contribution >= 4 is 33.2 Å². The van der Waals surface area contributed by atoms with Gasteiger partial charge in [0.25, 0.3) is 5.91 Å². The molecule has 0 unspecified atom stereocenters. The van der Waals surface area contributed by atoms with Gasteiger partial charge in [-0.05, 0) is 69.7 Å². The molecule has 2 aromatic rings. The first-order chi connectivity index (χ1) is 12.9. The van der Waals surface area contributed by atoms with E-state index < -0.39 is 21.5 Å². The second-order valence-electron chi connectivity index (χ2n) is 7.54. The Kier molecular flexibility index (Phi) is 6.26. The molecule has 2 aromatic carbocycles. The standard InChI is InChI=1S/C20H25N3O4S/c1-13-6-11-17(28(26,27)23-20(3,4)5)12-18(13)19(25)22-16-9-7-15(8-10-16)21-14(2)24/h6-12,23H,1-5H3,(H,21,24)(H,22,25). The van der Waals surface area contributed by atoms with Gasteiger partial charge >= 0.3 is 0 Å². The Morgan fingerprint density at radius 3 is 1.93 bits per heavy atom. The molecule has 0 atom stereocenters. The predicted molar refractivity (Wildman–Crippen MR) is 110 cm³/mol. The Morgan fingerprint density at radius 1 is 0.893 bits per heavy atom. The van der Waals surface area contributed by atoms with Gasteiger partial charge in [-0.3, -0.25) is 9.59 Å². The van der Waals surface area contributed by atoms with Crippen LogP contribution in [0.1, 0.15) is 43.6 Å². The number of anilines is 2. The maximum atomic E-state index is 12.7. The molecule has 0 saturated heterocycles. The van der Waals surface area contributed by atoms with Crippen molar-refractivity contribution < 1.29 is 18.0 Å². The minimum Gasteiger partial charge on any atom is -0.326 e. The summed E-state index contributed by atoms with van der Waals surface area (Å²) in [6.45, 7) is 8.39. The van der Waals surface area contributed by atoms with Gasteiger partial charge in [0.05, 0.1) is 4.90 Å². The Morgan fingerprint density at radius 2 is 1.43 bits per heavy atom. The molecule has 150 valence electrons. The number of benzene rings is 2. The van der Waals surface area contributed by atoms with E-state index in [1.165, 1.54) is 19.1 Å². The number of sulfonamides is 1. The van der Waals surface area contributed by atoms with Crippen LogP contribution in [0.5, 0.6) is 0 Å². The van der Waals surface area contributed by atoms with E-state index in [9.17, 15) is 18.0 Å². The molecular weight excluding hydrogens is 378 g/mol. The summed E-state index contributed by atoms with van der Waals surface area (Å²) in [6.07, 6.45) is 0. The van der Waals surface area contributed by atoms with Gasteiger partial charge < -0.3 is 10.6 Å². The summed E-state index contributed by atoms with van der Waals surface area (Å²) in [5, 5.41) is 5.38. The second kappa shape index (κ2) is 8.12. The first-order valence-electron chi connectivity index (χ1n) is 8.71. The van der Waals surface area contributed by atoms with Gasteiger partial charge in [-0.15, -0.1) is 0 Å². The number of amides is 2. The van der Waals surface area contributed by atoms with Crippen molar-refractivity contribution in [2.75, 3.05) is 10.6 Å². The number of carbonyl (C=O) groups is 2. The maximum absolute atomic E-state index is 12.7. The van der Waals surface area contributed by atoms with E-state index in [-0.39, 0.29) is 16.4 Å². The minimum atomic E-state index is -3.75. The monoisotopic (exact) mass is 403 g/mol. The largest absolute Gasteiger partial charge is 0.326 e. The van der Waals surface area contributed by atoms with Crippen LogP contribution in [0.3, 0.4) is 0 Å². The van der Waals surface area contributed by atoms with Gasteiger partial charge in [0.15, 0.2) is 0 Å². The normalized spacial score (nSPS) is 11.8. The lowest BCUT2D eigenvalue weighted by Gasteiger charge is -2.20. The topological polar surface area (TPSA) is 104 Å². The van der Waals surface area contributed by atoms with Crippen LogP contribution in [0.25, 0.3) is 0 Å². The Bertz CT molecular complexity index is 991. The van der Waals surface area contributed by atoms with Crippen LogP contribution in [0.4, 0.5) is 11.4 Å². The first-order valence-corrected chi connectivity index (χ1v) is 10.2. The molecule has 2 rings (SSSR count). The van der Waals surface area contributed by atoms with Crippen LogP contribution in [0, 0.1) is 6.92 Å². The summed E-state index contributed by atoms with van der Waals surface area (Å²) in [7, 11) is -3.75. The van der Waals surface area contributed by atoms with E-state index in [0.717, 1.165) is 0 Å². The van der Waals surface area contributed by atoms with Gasteiger partial charge in [-0.25, -0.2) is 13.1 Å². The zero-order chi connectivity index (χ0) is 21.1. The Labute approximate surface area is 165 Å². The number of hydrogen-bond donors (Lipinski definition) is 3. The smallest absolute Gasteiger partial charge is 0.255 e. The highest BCUT2D eigenvalue weighted by molar-refractivity contribution is 7.89. The quantitative estimate of drug-likeness (QED) is 0.712. The average Bonchev–Trinajstić information content (AvgIpc) is 2.54. The predicted octanol–water partition coefficient (Wildman–Crippen LogP) is 3.28. The molecule has 0 aliphatic rings. The fourth-order valence-corrected chi connectivity index (χ4v) is 3.96. The van der Waals surface area contributed by atoms with Gasteiger partial charge in [0.1, 0.15) is 0 Å². The maximum Gasteiger partial charge on any atom is 0.255 e. The molecule has 0 aliphatic heterocycles. The van der Waals surface area contributed by atoms with Crippen LogP contribution < -0.4 is 15.4 Å². The zero-order valence-corrected chi connectivity index (χ0v) is 17.4. The SMILES string of the molecule is CC(=O)Nc1ccc(NC(=O)c2cc(S(=O)(=O)NC(C)(C)C)ccc2C)cc1. The third-order valence-corrected chi connectivity index (χ3v) is 5.42. The van der Waals surface area contributed by atoms with Crippen LogP contribution >= 0.6 is 0 Å². The lowest BCUT2D eigenvalue weighted by molar-refractivity contribution is -0.114. The highest BCUT2D eigenvalue weighted by Gasteiger charge is 2.23. The van der Waals surface area contributed by atoms with Gasteiger partial charge in [-0.1, -0.05) is 6.07 Å². The molecule has 8 heteroatoms. The van der Waals surface area contributed by atoms with Crippen LogP contribution in [0.15, 0.2) is 47.4 Å². The highest BCUT2D eigenvalue weighted by atomic mass is 32.2. The van der Waals surface area contributed by atoms with Crippen molar-refractivity contribution in [3.63, 3.8) is 0 Å². The molecule has 0 bridgehead atoms. The highest BCUT2D eigenvalue weighted by Crippen LogP contribution is 2.20. The van der Waals surface area contributed by atoms with E-state index >= 15 is 0 Å². The van der Waals surface area contributed by atoms with Gasteiger partial charge in [0.2, 0.25) is 15.9 Å². The van der Waals surface area contributed by atoms with Crippen molar-refractivity contribution in [2.45, 2.75) is 45.1 Å². The molecular formula is C20H25N3O4S. The van der Waals surface area contributed by atoms with Crippen molar-refractivity contribution in [2.24, 2.45) is 0 Å². The van der Waals surface area contributed by atoms with E-state index in [0.29, 0.717) is 16.9 Å². The van der Waals surface area contributed by atoms with E-state index in [4.69, 9.17) is 0 Å². The number of aryl methyl sites for hydroxylation is 1. The number of hydrogen-bond acceptors (Lipinski definition) is 4. The summed E-state index contributed by atoms with van der Waals surface area (Å²) in [6, 6.07) is 11.1. The third-order valence-electron chi connectivity index (χ3n) is 3.67. The summed E-state index contributed by atoms with van der Waals surface area (Å²) in [4.78, 5) is 23.8. The molecule has 0 saturated carbocycles. The molecule has 28 heavy (non-hydrogen) atoms. The van der Waals surface area contributed by atoms with Crippen molar-refractivity contribution in [1.29, 1.82) is 0 Å². The Balaban J connectivity index is 2.25. The lowest BCUT2D eigenvalue weighted by Crippen LogP contribution is -2.40. The molecule has 7 nitrogen and oxygen atoms in total. The molecule has 0 spiro atoms. The van der Waals surface area contributed by atoms with Crippen LogP contribution in [-0.4, -0.2) is 25.8 Å². The average molecular weight is 404 g/mol. The van der Waals surface area contributed by atoms with Crippen molar-refractivity contribution in [3.8, 4) is 0 Å². The summed E-state index contributed by atoms with van der Waals surface area (Å²) in [5.41, 5.74) is 1.43. The molecule has 3 N–H and O–H groups in total. The summed E-state index contributed by atoms with van der Waals surface area (Å²) < 4.78 is 27.7. The first kappa shape index (κ1) is 21.6. The fraction of sp³-hybridized carbons (Fsp3) is 0.300. The molecule has 0 aliphatic carbocycles. The number of rotatable bonds is 5. The van der Waals surface area contributed by atoms with Gasteiger partial charge in [0, 0.05) is 29.4 Å². The second-order valence-corrected chi connectivity index (χ2v) is 9.23. The molecule has 0 aromatic heterocycles. The van der Waals surface area contributed by atoms with Crippen molar-refractivity contribution in [3.05, 3.63) is 53.6 Å². The van der Waals surface area contributed by atoms with E-state index in [1.54, 1.807) is 58.0 Å². The minimum absolute atomic E-state index is 0.0270.